The molecule has 94 valence electrons. The maximum absolute atomic E-state index is 5.71. The van der Waals surface area contributed by atoms with Crippen molar-refractivity contribution in [1.82, 2.24) is 0 Å². The molecule has 2 aromatic carbocycles. The normalized spacial score (nSPS) is 10.6. The van der Waals surface area contributed by atoms with Crippen LogP contribution < -0.4 is 4.57 Å². The molecule has 0 radical (unpaired) electrons. The molecule has 1 heterocycles. The smallest absolute Gasteiger partial charge is 0.344 e. The van der Waals surface area contributed by atoms with Gasteiger partial charge in [0.1, 0.15) is 7.05 Å². The van der Waals surface area contributed by atoms with E-state index in [0.29, 0.717) is 0 Å². The molecule has 0 amide bonds. The minimum atomic E-state index is 0.902. The lowest BCUT2D eigenvalue weighted by molar-refractivity contribution is -0.681. The molecule has 2 nitrogen and oxygen atoms in total. The van der Waals surface area contributed by atoms with Crippen LogP contribution >= 0.6 is 0 Å². The van der Waals surface area contributed by atoms with E-state index in [0.717, 1.165) is 17.2 Å². The maximum atomic E-state index is 5.71. The molecule has 3 rings (SSSR count). The van der Waals surface area contributed by atoms with Gasteiger partial charge >= 0.3 is 5.89 Å². The molecule has 0 N–H and O–H groups in total. The molecule has 2 heteroatoms. The van der Waals surface area contributed by atoms with Crippen molar-refractivity contribution in [1.29, 1.82) is 0 Å². The quantitative estimate of drug-likeness (QED) is 0.633. The lowest BCUT2D eigenvalue weighted by Gasteiger charge is -2.01. The zero-order chi connectivity index (χ0) is 13.2. The standard InChI is InChI=1S/C17H16NO/c1-13-18(2)12-17(19-13)16-10-8-15(9-11-16)14-6-4-3-5-7-14/h3-12H,1-2H3/q+1. The van der Waals surface area contributed by atoms with Crippen molar-refractivity contribution < 1.29 is 8.98 Å². The number of rotatable bonds is 2. The second kappa shape index (κ2) is 4.73. The Bertz CT molecular complexity index is 662. The Morgan fingerprint density at radius 2 is 1.37 bits per heavy atom. The van der Waals surface area contributed by atoms with Crippen molar-refractivity contribution in [2.45, 2.75) is 6.92 Å². The van der Waals surface area contributed by atoms with Crippen LogP contribution in [0.3, 0.4) is 0 Å². The van der Waals surface area contributed by atoms with Gasteiger partial charge in [-0.2, -0.15) is 4.57 Å². The van der Waals surface area contributed by atoms with Crippen LogP contribution in [-0.4, -0.2) is 0 Å². The van der Waals surface area contributed by atoms with Crippen LogP contribution in [0.15, 0.2) is 65.2 Å². The monoisotopic (exact) mass is 250 g/mol. The number of hydrogen-bond donors (Lipinski definition) is 0. The summed E-state index contributed by atoms with van der Waals surface area (Å²) in [5, 5.41) is 0. The molecule has 0 fully saturated rings. The molecule has 0 atom stereocenters. The Morgan fingerprint density at radius 1 is 0.789 bits per heavy atom. The molecule has 0 spiro atoms. The average molecular weight is 250 g/mol. The summed E-state index contributed by atoms with van der Waals surface area (Å²) in [6, 6.07) is 18.8. The molecule has 19 heavy (non-hydrogen) atoms. The van der Waals surface area contributed by atoms with Crippen LogP contribution in [0.2, 0.25) is 0 Å². The van der Waals surface area contributed by atoms with Gasteiger partial charge in [-0.1, -0.05) is 54.6 Å². The lowest BCUT2D eigenvalue weighted by Crippen LogP contribution is -2.27. The summed E-state index contributed by atoms with van der Waals surface area (Å²) >= 11 is 0. The summed E-state index contributed by atoms with van der Waals surface area (Å²) in [6.07, 6.45) is 2.01. The molecule has 0 saturated heterocycles. The van der Waals surface area contributed by atoms with Gasteiger partial charge in [-0.15, -0.1) is 0 Å². The van der Waals surface area contributed by atoms with Gasteiger partial charge in [0, 0.05) is 5.56 Å². The predicted octanol–water partition coefficient (Wildman–Crippen LogP) is 3.75. The highest BCUT2D eigenvalue weighted by Gasteiger charge is 2.12. The van der Waals surface area contributed by atoms with E-state index in [1.165, 1.54) is 11.1 Å². The SMILES string of the molecule is Cc1oc(-c2ccc(-c3ccccc3)cc2)c[n+]1C. The number of hydrogen-bond acceptors (Lipinski definition) is 1. The first-order chi connectivity index (χ1) is 9.24. The highest BCUT2D eigenvalue weighted by molar-refractivity contribution is 5.67. The number of aryl methyl sites for hydroxylation is 2. The van der Waals surface area contributed by atoms with E-state index in [4.69, 9.17) is 4.42 Å². The Labute approximate surface area is 112 Å². The maximum Gasteiger partial charge on any atom is 0.344 e. The van der Waals surface area contributed by atoms with Crippen molar-refractivity contribution >= 4 is 0 Å². The lowest BCUT2D eigenvalue weighted by atomic mass is 10.0. The highest BCUT2D eigenvalue weighted by Crippen LogP contribution is 2.24. The van der Waals surface area contributed by atoms with E-state index in [2.05, 4.69) is 48.5 Å². The molecule has 0 aliphatic carbocycles. The van der Waals surface area contributed by atoms with Crippen molar-refractivity contribution in [3.05, 3.63) is 66.7 Å². The Kier molecular flexibility index (Phi) is 2.92. The molecule has 3 aromatic rings. The van der Waals surface area contributed by atoms with Gasteiger partial charge in [0.2, 0.25) is 12.0 Å². The summed E-state index contributed by atoms with van der Waals surface area (Å²) in [5.41, 5.74) is 3.55. The van der Waals surface area contributed by atoms with E-state index in [9.17, 15) is 0 Å². The first kappa shape index (κ1) is 11.7. The predicted molar refractivity (Wildman–Crippen MR) is 75.5 cm³/mol. The van der Waals surface area contributed by atoms with Crippen LogP contribution in [0.25, 0.3) is 22.5 Å². The minimum Gasteiger partial charge on any atom is -0.402 e. The summed E-state index contributed by atoms with van der Waals surface area (Å²) in [7, 11) is 1.99. The zero-order valence-corrected chi connectivity index (χ0v) is 11.1. The molecule has 0 unspecified atom stereocenters. The van der Waals surface area contributed by atoms with Gasteiger partial charge in [0.15, 0.2) is 0 Å². The van der Waals surface area contributed by atoms with Crippen LogP contribution in [-0.2, 0) is 7.05 Å². The zero-order valence-electron chi connectivity index (χ0n) is 11.1. The summed E-state index contributed by atoms with van der Waals surface area (Å²) in [6.45, 7) is 1.96. The fourth-order valence-corrected chi connectivity index (χ4v) is 2.12. The third-order valence-corrected chi connectivity index (χ3v) is 3.34. The molecule has 0 saturated carbocycles. The number of benzene rings is 2. The Balaban J connectivity index is 1.95. The third kappa shape index (κ3) is 2.29. The Hall–Kier alpha value is -2.35. The number of aromatic nitrogens is 1. The van der Waals surface area contributed by atoms with E-state index < -0.39 is 0 Å². The molecule has 0 aliphatic heterocycles. The van der Waals surface area contributed by atoms with Gasteiger partial charge in [0.25, 0.3) is 0 Å². The first-order valence-electron chi connectivity index (χ1n) is 6.36. The fourth-order valence-electron chi connectivity index (χ4n) is 2.12. The van der Waals surface area contributed by atoms with E-state index in [-0.39, 0.29) is 0 Å². The fraction of sp³-hybridized carbons (Fsp3) is 0.118. The van der Waals surface area contributed by atoms with E-state index in [1.54, 1.807) is 0 Å². The average Bonchev–Trinajstić information content (AvgIpc) is 2.80. The number of oxazole rings is 1. The van der Waals surface area contributed by atoms with Crippen LogP contribution in [0.5, 0.6) is 0 Å². The minimum absolute atomic E-state index is 0.902. The summed E-state index contributed by atoms with van der Waals surface area (Å²) in [5.74, 6) is 1.81. The van der Waals surface area contributed by atoms with Gasteiger partial charge < -0.3 is 4.42 Å². The highest BCUT2D eigenvalue weighted by atomic mass is 16.4. The molecular weight excluding hydrogens is 234 g/mol. The van der Waals surface area contributed by atoms with Crippen LogP contribution in [0.1, 0.15) is 5.89 Å². The molecule has 1 aromatic heterocycles. The topological polar surface area (TPSA) is 17.0 Å². The summed E-state index contributed by atoms with van der Waals surface area (Å²) < 4.78 is 7.70. The van der Waals surface area contributed by atoms with E-state index in [1.807, 2.05) is 30.8 Å². The molecule has 0 aliphatic rings. The summed E-state index contributed by atoms with van der Waals surface area (Å²) in [4.78, 5) is 0. The second-order valence-electron chi connectivity index (χ2n) is 4.67. The van der Waals surface area contributed by atoms with Gasteiger partial charge in [-0.05, 0) is 11.1 Å². The van der Waals surface area contributed by atoms with Crippen LogP contribution in [0.4, 0.5) is 0 Å². The largest absolute Gasteiger partial charge is 0.402 e. The second-order valence-corrected chi connectivity index (χ2v) is 4.67. The Morgan fingerprint density at radius 3 is 1.95 bits per heavy atom. The van der Waals surface area contributed by atoms with Crippen molar-refractivity contribution in [3.63, 3.8) is 0 Å². The van der Waals surface area contributed by atoms with Gasteiger partial charge in [-0.3, -0.25) is 0 Å². The van der Waals surface area contributed by atoms with Gasteiger partial charge in [0.05, 0.1) is 6.92 Å². The van der Waals surface area contributed by atoms with Crippen LogP contribution in [0, 0.1) is 6.92 Å². The van der Waals surface area contributed by atoms with E-state index >= 15 is 0 Å². The molecule has 0 bridgehead atoms. The van der Waals surface area contributed by atoms with Gasteiger partial charge in [-0.25, -0.2) is 0 Å². The number of nitrogens with zero attached hydrogens (tertiary/aromatic N) is 1. The third-order valence-electron chi connectivity index (χ3n) is 3.34. The van der Waals surface area contributed by atoms with Crippen molar-refractivity contribution in [2.75, 3.05) is 0 Å². The molecular formula is C17H16NO+. The first-order valence-corrected chi connectivity index (χ1v) is 6.36. The van der Waals surface area contributed by atoms with Crippen molar-refractivity contribution in [2.24, 2.45) is 7.05 Å². The van der Waals surface area contributed by atoms with Crippen molar-refractivity contribution in [3.8, 4) is 22.5 Å².